The van der Waals surface area contributed by atoms with E-state index in [0.717, 1.165) is 25.9 Å². The van der Waals surface area contributed by atoms with Gasteiger partial charge in [0.15, 0.2) is 0 Å². The van der Waals surface area contributed by atoms with Crippen molar-refractivity contribution in [3.8, 4) is 0 Å². The van der Waals surface area contributed by atoms with Gasteiger partial charge in [0, 0.05) is 25.0 Å². The molecule has 2 rings (SSSR count). The Bertz CT molecular complexity index is 231. The zero-order valence-corrected chi connectivity index (χ0v) is 9.21. The van der Waals surface area contributed by atoms with E-state index in [0.29, 0.717) is 19.6 Å². The van der Waals surface area contributed by atoms with Crippen LogP contribution in [0.2, 0.25) is 0 Å². The number of morpholine rings is 1. The van der Waals surface area contributed by atoms with E-state index in [1.165, 1.54) is 12.8 Å². The molecule has 1 heterocycles. The molecule has 4 heteroatoms. The van der Waals surface area contributed by atoms with Crippen molar-refractivity contribution in [2.24, 2.45) is 5.73 Å². The zero-order valence-electron chi connectivity index (χ0n) is 9.21. The third kappa shape index (κ3) is 2.69. The average molecular weight is 212 g/mol. The molecular formula is C11H20N2O2. The van der Waals surface area contributed by atoms with Crippen LogP contribution in [-0.4, -0.2) is 42.6 Å². The maximum Gasteiger partial charge on any atom is 0.224 e. The lowest BCUT2D eigenvalue weighted by Crippen LogP contribution is -2.47. The van der Waals surface area contributed by atoms with Gasteiger partial charge in [0.1, 0.15) is 0 Å². The molecule has 15 heavy (non-hydrogen) atoms. The molecule has 0 aromatic rings. The van der Waals surface area contributed by atoms with Crippen LogP contribution >= 0.6 is 0 Å². The van der Waals surface area contributed by atoms with Gasteiger partial charge in [-0.15, -0.1) is 0 Å². The number of rotatable bonds is 2. The number of hydrogen-bond acceptors (Lipinski definition) is 3. The third-order valence-corrected chi connectivity index (χ3v) is 3.47. The molecule has 1 saturated heterocycles. The van der Waals surface area contributed by atoms with Crippen LogP contribution in [0, 0.1) is 0 Å². The van der Waals surface area contributed by atoms with Gasteiger partial charge in [-0.05, 0) is 12.8 Å². The first-order valence-corrected chi connectivity index (χ1v) is 5.84. The molecular weight excluding hydrogens is 192 g/mol. The molecule has 86 valence electrons. The van der Waals surface area contributed by atoms with E-state index < -0.39 is 0 Å². The number of carbonyl (C=O) groups excluding carboxylic acids is 1. The number of nitrogens with two attached hydrogens (primary N) is 1. The lowest BCUT2D eigenvalue weighted by Gasteiger charge is -2.31. The highest BCUT2D eigenvalue weighted by atomic mass is 16.5. The summed E-state index contributed by atoms with van der Waals surface area (Å²) < 4.78 is 5.22. The molecule has 1 aliphatic carbocycles. The Morgan fingerprint density at radius 1 is 1.27 bits per heavy atom. The minimum absolute atomic E-state index is 0.211. The Balaban J connectivity index is 1.85. The lowest BCUT2D eigenvalue weighted by molar-refractivity contribution is -0.136. The summed E-state index contributed by atoms with van der Waals surface area (Å²) >= 11 is 0. The Morgan fingerprint density at radius 3 is 2.47 bits per heavy atom. The molecule has 0 unspecified atom stereocenters. The summed E-state index contributed by atoms with van der Waals surface area (Å²) in [6.07, 6.45) is 4.87. The largest absolute Gasteiger partial charge is 0.378 e. The maximum absolute atomic E-state index is 11.9. The predicted molar refractivity (Wildman–Crippen MR) is 57.4 cm³/mol. The van der Waals surface area contributed by atoms with Crippen molar-refractivity contribution in [1.29, 1.82) is 0 Å². The van der Waals surface area contributed by atoms with Gasteiger partial charge in [-0.1, -0.05) is 12.8 Å². The summed E-state index contributed by atoms with van der Waals surface area (Å²) in [7, 11) is 0. The number of nitrogens with zero attached hydrogens (tertiary/aromatic N) is 1. The van der Waals surface area contributed by atoms with Crippen LogP contribution in [0.3, 0.4) is 0 Å². The van der Waals surface area contributed by atoms with Crippen molar-refractivity contribution in [2.75, 3.05) is 26.3 Å². The molecule has 0 atom stereocenters. The first-order chi connectivity index (χ1) is 7.20. The first-order valence-electron chi connectivity index (χ1n) is 5.84. The predicted octanol–water partition coefficient (Wildman–Crippen LogP) is 0.507. The summed E-state index contributed by atoms with van der Waals surface area (Å²) in [5.74, 6) is 0.211. The molecule has 1 amide bonds. The smallest absolute Gasteiger partial charge is 0.224 e. The summed E-state index contributed by atoms with van der Waals surface area (Å²) in [4.78, 5) is 13.8. The van der Waals surface area contributed by atoms with Crippen LogP contribution in [0.15, 0.2) is 0 Å². The molecule has 0 radical (unpaired) electrons. The van der Waals surface area contributed by atoms with Crippen molar-refractivity contribution in [3.05, 3.63) is 0 Å². The minimum atomic E-state index is -0.213. The highest BCUT2D eigenvalue weighted by Crippen LogP contribution is 2.30. The van der Waals surface area contributed by atoms with Crippen LogP contribution in [0.1, 0.15) is 32.1 Å². The maximum atomic E-state index is 11.9. The fourth-order valence-electron chi connectivity index (χ4n) is 2.48. The summed E-state index contributed by atoms with van der Waals surface area (Å²) in [5, 5.41) is 0. The van der Waals surface area contributed by atoms with E-state index in [2.05, 4.69) is 0 Å². The Morgan fingerprint density at radius 2 is 1.87 bits per heavy atom. The van der Waals surface area contributed by atoms with Crippen LogP contribution in [0.25, 0.3) is 0 Å². The van der Waals surface area contributed by atoms with Gasteiger partial charge in [0.2, 0.25) is 5.91 Å². The van der Waals surface area contributed by atoms with Crippen molar-refractivity contribution >= 4 is 5.91 Å². The normalized spacial score (nSPS) is 25.5. The average Bonchev–Trinajstić information content (AvgIpc) is 2.66. The molecule has 0 aromatic heterocycles. The van der Waals surface area contributed by atoms with E-state index in [1.807, 2.05) is 4.90 Å². The van der Waals surface area contributed by atoms with Gasteiger partial charge in [0.25, 0.3) is 0 Å². The van der Waals surface area contributed by atoms with Crippen molar-refractivity contribution in [3.63, 3.8) is 0 Å². The van der Waals surface area contributed by atoms with Crippen molar-refractivity contribution in [2.45, 2.75) is 37.6 Å². The monoisotopic (exact) mass is 212 g/mol. The van der Waals surface area contributed by atoms with Gasteiger partial charge in [-0.2, -0.15) is 0 Å². The highest BCUT2D eigenvalue weighted by molar-refractivity contribution is 5.77. The number of carbonyl (C=O) groups is 1. The van der Waals surface area contributed by atoms with Crippen molar-refractivity contribution < 1.29 is 9.53 Å². The second-order valence-electron chi connectivity index (χ2n) is 4.74. The van der Waals surface area contributed by atoms with Gasteiger partial charge < -0.3 is 15.4 Å². The second-order valence-corrected chi connectivity index (χ2v) is 4.74. The van der Waals surface area contributed by atoms with Gasteiger partial charge >= 0.3 is 0 Å². The van der Waals surface area contributed by atoms with Gasteiger partial charge in [-0.25, -0.2) is 0 Å². The van der Waals surface area contributed by atoms with Gasteiger partial charge in [0.05, 0.1) is 13.2 Å². The first kappa shape index (κ1) is 10.9. The molecule has 1 aliphatic heterocycles. The molecule has 2 aliphatic rings. The molecule has 0 aromatic carbocycles. The fourth-order valence-corrected chi connectivity index (χ4v) is 2.48. The topological polar surface area (TPSA) is 55.6 Å². The number of ether oxygens (including phenoxy) is 1. The SMILES string of the molecule is NC1(CC(=O)N2CCOCC2)CCCC1. The van der Waals surface area contributed by atoms with E-state index in [4.69, 9.17) is 10.5 Å². The van der Waals surface area contributed by atoms with Crippen LogP contribution in [0.5, 0.6) is 0 Å². The highest BCUT2D eigenvalue weighted by Gasteiger charge is 2.33. The number of amides is 1. The molecule has 0 bridgehead atoms. The molecule has 4 nitrogen and oxygen atoms in total. The second kappa shape index (κ2) is 4.49. The van der Waals surface area contributed by atoms with E-state index >= 15 is 0 Å². The van der Waals surface area contributed by atoms with E-state index in [1.54, 1.807) is 0 Å². The van der Waals surface area contributed by atoms with Crippen molar-refractivity contribution in [1.82, 2.24) is 4.90 Å². The third-order valence-electron chi connectivity index (χ3n) is 3.47. The van der Waals surface area contributed by atoms with Gasteiger partial charge in [-0.3, -0.25) is 4.79 Å². The summed E-state index contributed by atoms with van der Waals surface area (Å²) in [6.45, 7) is 2.80. The van der Waals surface area contributed by atoms with Crippen LogP contribution < -0.4 is 5.73 Å². The minimum Gasteiger partial charge on any atom is -0.378 e. The molecule has 1 saturated carbocycles. The Labute approximate surface area is 90.8 Å². The standard InChI is InChI=1S/C11H20N2O2/c12-11(3-1-2-4-11)9-10(14)13-5-7-15-8-6-13/h1-9,12H2. The summed E-state index contributed by atoms with van der Waals surface area (Å²) in [6, 6.07) is 0. The Kier molecular flexibility index (Phi) is 3.26. The quantitative estimate of drug-likeness (QED) is 0.725. The van der Waals surface area contributed by atoms with Crippen LogP contribution in [0.4, 0.5) is 0 Å². The zero-order chi connectivity index (χ0) is 10.7. The summed E-state index contributed by atoms with van der Waals surface area (Å²) in [5.41, 5.74) is 5.97. The van der Waals surface area contributed by atoms with E-state index in [9.17, 15) is 4.79 Å². The van der Waals surface area contributed by atoms with E-state index in [-0.39, 0.29) is 11.4 Å². The van der Waals surface area contributed by atoms with Crippen LogP contribution in [-0.2, 0) is 9.53 Å². The lowest BCUT2D eigenvalue weighted by atomic mass is 9.94. The fraction of sp³-hybridized carbons (Fsp3) is 0.909. The Hall–Kier alpha value is -0.610. The molecule has 2 N–H and O–H groups in total. The number of hydrogen-bond donors (Lipinski definition) is 1. The molecule has 0 spiro atoms. The molecule has 2 fully saturated rings.